The first-order valence-corrected chi connectivity index (χ1v) is 6.91. The Morgan fingerprint density at radius 2 is 2.00 bits per heavy atom. The fourth-order valence-corrected chi connectivity index (χ4v) is 2.14. The van der Waals surface area contributed by atoms with Gasteiger partial charge in [-0.05, 0) is 35.4 Å². The molecule has 116 valence electrons. The van der Waals surface area contributed by atoms with Crippen molar-refractivity contribution in [3.63, 3.8) is 0 Å². The molecule has 0 unspecified atom stereocenters. The van der Waals surface area contributed by atoms with Crippen LogP contribution in [-0.2, 0) is 16.0 Å². The SMILES string of the molecule is CO[C@@H](CNC(=O)Cc1cccc(O)c1)c1ccc(F)cc1. The molecule has 2 aromatic rings. The van der Waals surface area contributed by atoms with Crippen LogP contribution < -0.4 is 5.32 Å². The molecule has 0 aliphatic carbocycles. The van der Waals surface area contributed by atoms with Gasteiger partial charge in [-0.2, -0.15) is 0 Å². The van der Waals surface area contributed by atoms with Crippen molar-refractivity contribution < 1.29 is 19.0 Å². The summed E-state index contributed by atoms with van der Waals surface area (Å²) in [4.78, 5) is 11.9. The van der Waals surface area contributed by atoms with E-state index in [4.69, 9.17) is 4.74 Å². The van der Waals surface area contributed by atoms with Crippen LogP contribution in [0.25, 0.3) is 0 Å². The van der Waals surface area contributed by atoms with Crippen molar-refractivity contribution >= 4 is 5.91 Å². The van der Waals surface area contributed by atoms with Crippen LogP contribution in [0.3, 0.4) is 0 Å². The van der Waals surface area contributed by atoms with E-state index in [2.05, 4.69) is 5.32 Å². The van der Waals surface area contributed by atoms with E-state index < -0.39 is 0 Å². The predicted molar refractivity (Wildman–Crippen MR) is 81.0 cm³/mol. The van der Waals surface area contributed by atoms with Crippen LogP contribution in [-0.4, -0.2) is 24.7 Å². The van der Waals surface area contributed by atoms with Crippen LogP contribution in [0.5, 0.6) is 5.75 Å². The molecule has 0 heterocycles. The zero-order valence-corrected chi connectivity index (χ0v) is 12.3. The highest BCUT2D eigenvalue weighted by atomic mass is 19.1. The summed E-state index contributed by atoms with van der Waals surface area (Å²) in [5, 5.41) is 12.1. The molecule has 0 fully saturated rings. The van der Waals surface area contributed by atoms with E-state index >= 15 is 0 Å². The number of methoxy groups -OCH3 is 1. The fourth-order valence-electron chi connectivity index (χ4n) is 2.14. The van der Waals surface area contributed by atoms with Crippen molar-refractivity contribution in [1.29, 1.82) is 0 Å². The molecule has 22 heavy (non-hydrogen) atoms. The Hall–Kier alpha value is -2.40. The molecular formula is C17H18FNO3. The van der Waals surface area contributed by atoms with E-state index in [1.165, 1.54) is 19.2 Å². The number of halogens is 1. The van der Waals surface area contributed by atoms with Crippen LogP contribution in [0.1, 0.15) is 17.2 Å². The Morgan fingerprint density at radius 1 is 1.27 bits per heavy atom. The number of phenolic OH excluding ortho intramolecular Hbond substituents is 1. The highest BCUT2D eigenvalue weighted by molar-refractivity contribution is 5.78. The van der Waals surface area contributed by atoms with E-state index in [0.717, 1.165) is 11.1 Å². The molecule has 0 bridgehead atoms. The van der Waals surface area contributed by atoms with Crippen LogP contribution >= 0.6 is 0 Å². The average Bonchev–Trinajstić information content (AvgIpc) is 2.49. The van der Waals surface area contributed by atoms with Gasteiger partial charge in [0.1, 0.15) is 11.6 Å². The van der Waals surface area contributed by atoms with Gasteiger partial charge in [-0.25, -0.2) is 4.39 Å². The molecular weight excluding hydrogens is 285 g/mol. The number of carbonyl (C=O) groups is 1. The summed E-state index contributed by atoms with van der Waals surface area (Å²) in [6, 6.07) is 12.5. The number of carbonyl (C=O) groups excluding carboxylic acids is 1. The Labute approximate surface area is 128 Å². The lowest BCUT2D eigenvalue weighted by atomic mass is 10.1. The minimum absolute atomic E-state index is 0.131. The van der Waals surface area contributed by atoms with Crippen molar-refractivity contribution in [3.05, 3.63) is 65.5 Å². The molecule has 2 aromatic carbocycles. The van der Waals surface area contributed by atoms with Gasteiger partial charge in [0, 0.05) is 13.7 Å². The Kier molecular flexibility index (Phi) is 5.49. The van der Waals surface area contributed by atoms with Gasteiger partial charge in [0.2, 0.25) is 5.91 Å². The van der Waals surface area contributed by atoms with Gasteiger partial charge in [-0.1, -0.05) is 24.3 Å². The van der Waals surface area contributed by atoms with Crippen LogP contribution in [0.2, 0.25) is 0 Å². The summed E-state index contributed by atoms with van der Waals surface area (Å²) in [5.74, 6) is -0.354. The molecule has 0 spiro atoms. The van der Waals surface area contributed by atoms with E-state index in [1.807, 2.05) is 0 Å². The quantitative estimate of drug-likeness (QED) is 0.862. The number of phenols is 1. The number of hydrogen-bond acceptors (Lipinski definition) is 3. The number of amides is 1. The first-order valence-electron chi connectivity index (χ1n) is 6.91. The third-order valence-corrected chi connectivity index (χ3v) is 3.29. The first-order chi connectivity index (χ1) is 10.6. The molecule has 2 N–H and O–H groups in total. The average molecular weight is 303 g/mol. The van der Waals surface area contributed by atoms with Gasteiger partial charge in [0.25, 0.3) is 0 Å². The van der Waals surface area contributed by atoms with Crippen LogP contribution in [0.4, 0.5) is 4.39 Å². The Bertz CT molecular complexity index is 628. The second-order valence-corrected chi connectivity index (χ2v) is 4.93. The largest absolute Gasteiger partial charge is 0.508 e. The maximum absolute atomic E-state index is 12.9. The molecule has 0 aliphatic rings. The smallest absolute Gasteiger partial charge is 0.224 e. The summed E-state index contributed by atoms with van der Waals surface area (Å²) >= 11 is 0. The van der Waals surface area contributed by atoms with E-state index in [-0.39, 0.29) is 30.0 Å². The maximum Gasteiger partial charge on any atom is 0.224 e. The Balaban J connectivity index is 1.90. The molecule has 0 aromatic heterocycles. The van der Waals surface area contributed by atoms with Gasteiger partial charge < -0.3 is 15.2 Å². The zero-order chi connectivity index (χ0) is 15.9. The number of rotatable bonds is 6. The molecule has 1 amide bonds. The number of benzene rings is 2. The summed E-state index contributed by atoms with van der Waals surface area (Å²) in [6.45, 7) is 0.291. The molecule has 0 radical (unpaired) electrons. The van der Waals surface area contributed by atoms with Crippen LogP contribution in [0.15, 0.2) is 48.5 Å². The lowest BCUT2D eigenvalue weighted by Gasteiger charge is -2.16. The zero-order valence-electron chi connectivity index (χ0n) is 12.3. The molecule has 0 aliphatic heterocycles. The van der Waals surface area contributed by atoms with Gasteiger partial charge in [-0.3, -0.25) is 4.79 Å². The van der Waals surface area contributed by atoms with Crippen molar-refractivity contribution in [2.24, 2.45) is 0 Å². The van der Waals surface area contributed by atoms with Gasteiger partial charge in [0.15, 0.2) is 0 Å². The summed E-state index contributed by atoms with van der Waals surface area (Å²) in [5.41, 5.74) is 1.52. The molecule has 1 atom stereocenters. The van der Waals surface area contributed by atoms with Crippen LogP contribution in [0, 0.1) is 5.82 Å². The Morgan fingerprint density at radius 3 is 2.64 bits per heavy atom. The third kappa shape index (κ3) is 4.56. The van der Waals surface area contributed by atoms with Crippen molar-refractivity contribution in [2.75, 3.05) is 13.7 Å². The van der Waals surface area contributed by atoms with E-state index in [9.17, 15) is 14.3 Å². The number of hydrogen-bond donors (Lipinski definition) is 2. The fraction of sp³-hybridized carbons (Fsp3) is 0.235. The second-order valence-electron chi connectivity index (χ2n) is 4.93. The maximum atomic E-state index is 12.9. The number of aromatic hydroxyl groups is 1. The number of nitrogens with one attached hydrogen (secondary N) is 1. The second kappa shape index (κ2) is 7.56. The minimum Gasteiger partial charge on any atom is -0.508 e. The normalized spacial score (nSPS) is 11.9. The monoisotopic (exact) mass is 303 g/mol. The molecule has 0 saturated carbocycles. The predicted octanol–water partition coefficient (Wildman–Crippen LogP) is 2.58. The first kappa shape index (κ1) is 16.0. The molecule has 0 saturated heterocycles. The van der Waals surface area contributed by atoms with E-state index in [1.54, 1.807) is 36.4 Å². The molecule has 2 rings (SSSR count). The lowest BCUT2D eigenvalue weighted by Crippen LogP contribution is -2.30. The highest BCUT2D eigenvalue weighted by Gasteiger charge is 2.12. The summed E-state index contributed by atoms with van der Waals surface area (Å²) < 4.78 is 18.2. The van der Waals surface area contributed by atoms with Crippen molar-refractivity contribution in [1.82, 2.24) is 5.32 Å². The van der Waals surface area contributed by atoms with Gasteiger partial charge in [0.05, 0.1) is 12.5 Å². The van der Waals surface area contributed by atoms with Crippen molar-refractivity contribution in [2.45, 2.75) is 12.5 Å². The van der Waals surface area contributed by atoms with Gasteiger partial charge >= 0.3 is 0 Å². The lowest BCUT2D eigenvalue weighted by molar-refractivity contribution is -0.121. The third-order valence-electron chi connectivity index (χ3n) is 3.29. The van der Waals surface area contributed by atoms with E-state index in [0.29, 0.717) is 6.54 Å². The molecule has 5 heteroatoms. The number of ether oxygens (including phenoxy) is 1. The van der Waals surface area contributed by atoms with Gasteiger partial charge in [-0.15, -0.1) is 0 Å². The summed E-state index contributed by atoms with van der Waals surface area (Å²) in [7, 11) is 1.54. The van der Waals surface area contributed by atoms with Crippen molar-refractivity contribution in [3.8, 4) is 5.75 Å². The topological polar surface area (TPSA) is 58.6 Å². The standard InChI is InChI=1S/C17H18FNO3/c1-22-16(13-5-7-14(18)8-6-13)11-19-17(21)10-12-3-2-4-15(20)9-12/h2-9,16,20H,10-11H2,1H3,(H,19,21)/t16-/m0/s1. The molecule has 4 nitrogen and oxygen atoms in total. The summed E-state index contributed by atoms with van der Waals surface area (Å²) in [6.07, 6.45) is -0.164. The highest BCUT2D eigenvalue weighted by Crippen LogP contribution is 2.16. The minimum atomic E-state index is -0.339.